The predicted octanol–water partition coefficient (Wildman–Crippen LogP) is 6.94. The number of benzene rings is 2. The third kappa shape index (κ3) is 6.05. The van der Waals surface area contributed by atoms with E-state index in [1.807, 2.05) is 32.0 Å². The minimum atomic E-state index is -0.0450. The van der Waals surface area contributed by atoms with Crippen molar-refractivity contribution >= 4 is 11.8 Å². The van der Waals surface area contributed by atoms with Crippen molar-refractivity contribution in [2.24, 2.45) is 5.92 Å². The number of aromatic nitrogens is 1. The van der Waals surface area contributed by atoms with E-state index in [9.17, 15) is 9.59 Å². The molecule has 0 spiro atoms. The first kappa shape index (κ1) is 24.8. The van der Waals surface area contributed by atoms with Crippen LogP contribution in [-0.2, 0) is 9.53 Å². The number of ether oxygens (including phenoxy) is 1. The summed E-state index contributed by atoms with van der Waals surface area (Å²) in [5.41, 5.74) is 6.42. The summed E-state index contributed by atoms with van der Waals surface area (Å²) in [6.45, 7) is 6.33. The quantitative estimate of drug-likeness (QED) is 0.265. The summed E-state index contributed by atoms with van der Waals surface area (Å²) in [4.78, 5) is 29.6. The Morgan fingerprint density at radius 3 is 2.34 bits per heavy atom. The van der Waals surface area contributed by atoms with Gasteiger partial charge in [0.2, 0.25) is 0 Å². The predicted molar refractivity (Wildman–Crippen MR) is 139 cm³/mol. The van der Waals surface area contributed by atoms with Crippen LogP contribution in [0.3, 0.4) is 0 Å². The molecule has 1 aliphatic carbocycles. The van der Waals surface area contributed by atoms with E-state index >= 15 is 0 Å². The van der Waals surface area contributed by atoms with Crippen molar-refractivity contribution in [3.8, 4) is 0 Å². The average Bonchev–Trinajstić information content (AvgIpc) is 2.88. The second kappa shape index (κ2) is 11.4. The molecular weight excluding hydrogens is 434 g/mol. The van der Waals surface area contributed by atoms with Gasteiger partial charge in [0.1, 0.15) is 0 Å². The first-order valence-corrected chi connectivity index (χ1v) is 12.7. The maximum atomic E-state index is 13.2. The van der Waals surface area contributed by atoms with E-state index in [-0.39, 0.29) is 23.6 Å². The third-order valence-corrected chi connectivity index (χ3v) is 7.33. The molecule has 0 aliphatic heterocycles. The average molecular weight is 470 g/mol. The van der Waals surface area contributed by atoms with Crippen molar-refractivity contribution in [2.45, 2.75) is 64.7 Å². The molecule has 1 atom stereocenters. The number of carbonyl (C=O) groups is 2. The van der Waals surface area contributed by atoms with Crippen LogP contribution in [0.2, 0.25) is 0 Å². The van der Waals surface area contributed by atoms with E-state index in [0.717, 1.165) is 36.9 Å². The molecule has 3 aromatic rings. The summed E-state index contributed by atoms with van der Waals surface area (Å²) in [7, 11) is 0. The van der Waals surface area contributed by atoms with Gasteiger partial charge in [-0.25, -0.2) is 0 Å². The highest BCUT2D eigenvalue weighted by molar-refractivity contribution is 5.96. The minimum Gasteiger partial charge on any atom is -0.466 e. The van der Waals surface area contributed by atoms with Gasteiger partial charge in [-0.05, 0) is 86.8 Å². The highest BCUT2D eigenvalue weighted by atomic mass is 16.5. The number of hydrogen-bond acceptors (Lipinski definition) is 4. The molecule has 2 aromatic carbocycles. The molecule has 35 heavy (non-hydrogen) atoms. The van der Waals surface area contributed by atoms with Gasteiger partial charge < -0.3 is 4.74 Å². The zero-order valence-corrected chi connectivity index (χ0v) is 21.0. The SMILES string of the molecule is CCOC(=O)C1CCC(c2ccc(C(CC(=O)c3ccnc(C)c3)c3ccccc3C)cc2)CC1. The summed E-state index contributed by atoms with van der Waals surface area (Å²) in [5.74, 6) is 0.583. The molecule has 1 fully saturated rings. The van der Waals surface area contributed by atoms with Gasteiger partial charge in [-0.3, -0.25) is 14.6 Å². The molecule has 4 nitrogen and oxygen atoms in total. The maximum absolute atomic E-state index is 13.2. The second-order valence-electron chi connectivity index (χ2n) is 9.69. The van der Waals surface area contributed by atoms with Crippen LogP contribution in [0.1, 0.15) is 89.2 Å². The Labute approximate surface area is 208 Å². The molecular formula is C31H35NO3. The Bertz CT molecular complexity index is 1160. The molecule has 0 N–H and O–H groups in total. The van der Waals surface area contributed by atoms with Crippen molar-refractivity contribution in [3.63, 3.8) is 0 Å². The topological polar surface area (TPSA) is 56.3 Å². The van der Waals surface area contributed by atoms with E-state index in [1.165, 1.54) is 16.7 Å². The van der Waals surface area contributed by atoms with Crippen LogP contribution >= 0.6 is 0 Å². The van der Waals surface area contributed by atoms with E-state index in [0.29, 0.717) is 24.5 Å². The Morgan fingerprint density at radius 2 is 1.69 bits per heavy atom. The van der Waals surface area contributed by atoms with Gasteiger partial charge in [-0.15, -0.1) is 0 Å². The summed E-state index contributed by atoms with van der Waals surface area (Å²) in [5, 5.41) is 0. The first-order chi connectivity index (χ1) is 17.0. The number of hydrogen-bond donors (Lipinski definition) is 0. The molecule has 0 saturated heterocycles. The van der Waals surface area contributed by atoms with E-state index < -0.39 is 0 Å². The van der Waals surface area contributed by atoms with Crippen LogP contribution in [0.15, 0.2) is 66.9 Å². The molecule has 1 aromatic heterocycles. The number of aryl methyl sites for hydroxylation is 2. The van der Waals surface area contributed by atoms with Crippen molar-refractivity contribution in [2.75, 3.05) is 6.61 Å². The van der Waals surface area contributed by atoms with Gasteiger partial charge in [0.05, 0.1) is 12.5 Å². The zero-order valence-electron chi connectivity index (χ0n) is 21.0. The Kier molecular flexibility index (Phi) is 8.12. The lowest BCUT2D eigenvalue weighted by molar-refractivity contribution is -0.149. The standard InChI is InChI=1S/C31H35NO3/c1-4-35-31(34)26-15-11-24(12-16-26)23-9-13-25(14-10-23)29(28-8-6-5-7-21(28)2)20-30(33)27-17-18-32-22(3)19-27/h5-10,13-14,17-19,24,26,29H,4,11-12,15-16,20H2,1-3H3. The lowest BCUT2D eigenvalue weighted by Gasteiger charge is -2.28. The number of nitrogens with zero attached hydrogens (tertiary/aromatic N) is 1. The first-order valence-electron chi connectivity index (χ1n) is 12.7. The Morgan fingerprint density at radius 1 is 0.971 bits per heavy atom. The molecule has 4 heteroatoms. The number of ketones is 1. The maximum Gasteiger partial charge on any atom is 0.308 e. The van der Waals surface area contributed by atoms with E-state index in [1.54, 1.807) is 12.3 Å². The normalized spacial score (nSPS) is 18.6. The van der Waals surface area contributed by atoms with E-state index in [4.69, 9.17) is 4.74 Å². The van der Waals surface area contributed by atoms with E-state index in [2.05, 4.69) is 48.3 Å². The number of rotatable bonds is 8. The van der Waals surface area contributed by atoms with Gasteiger partial charge in [-0.2, -0.15) is 0 Å². The number of Topliss-reactive ketones (excluding diaryl/α,β-unsaturated/α-hetero) is 1. The van der Waals surface area contributed by atoms with Gasteiger partial charge in [0, 0.05) is 29.8 Å². The number of pyridine rings is 1. The summed E-state index contributed by atoms with van der Waals surface area (Å²) in [6, 6.07) is 20.8. The van der Waals surface area contributed by atoms with Gasteiger partial charge >= 0.3 is 5.97 Å². The van der Waals surface area contributed by atoms with Crippen LogP contribution in [-0.4, -0.2) is 23.3 Å². The molecule has 0 amide bonds. The Balaban J connectivity index is 1.53. The molecule has 1 heterocycles. The monoisotopic (exact) mass is 469 g/mol. The number of esters is 1. The highest BCUT2D eigenvalue weighted by Gasteiger charge is 2.28. The molecule has 182 valence electrons. The Hall–Kier alpha value is -3.27. The van der Waals surface area contributed by atoms with Crippen LogP contribution in [0, 0.1) is 19.8 Å². The van der Waals surface area contributed by atoms with Crippen LogP contribution in [0.25, 0.3) is 0 Å². The molecule has 0 bridgehead atoms. The smallest absolute Gasteiger partial charge is 0.308 e. The van der Waals surface area contributed by atoms with Gasteiger partial charge in [0.25, 0.3) is 0 Å². The van der Waals surface area contributed by atoms with Crippen molar-refractivity contribution in [3.05, 3.63) is 100 Å². The largest absolute Gasteiger partial charge is 0.466 e. The highest BCUT2D eigenvalue weighted by Crippen LogP contribution is 2.38. The molecule has 1 unspecified atom stereocenters. The van der Waals surface area contributed by atoms with Crippen LogP contribution in [0.4, 0.5) is 0 Å². The fraction of sp³-hybridized carbons (Fsp3) is 0.387. The van der Waals surface area contributed by atoms with Crippen LogP contribution in [0.5, 0.6) is 0 Å². The number of carbonyl (C=O) groups excluding carboxylic acids is 2. The zero-order chi connectivity index (χ0) is 24.8. The fourth-order valence-electron chi connectivity index (χ4n) is 5.33. The third-order valence-electron chi connectivity index (χ3n) is 7.33. The minimum absolute atomic E-state index is 0.00854. The van der Waals surface area contributed by atoms with Gasteiger partial charge in [0.15, 0.2) is 5.78 Å². The van der Waals surface area contributed by atoms with Crippen molar-refractivity contribution in [1.29, 1.82) is 0 Å². The molecule has 0 radical (unpaired) electrons. The summed E-state index contributed by atoms with van der Waals surface area (Å²) >= 11 is 0. The second-order valence-corrected chi connectivity index (χ2v) is 9.69. The molecule has 1 saturated carbocycles. The van der Waals surface area contributed by atoms with Crippen molar-refractivity contribution in [1.82, 2.24) is 4.98 Å². The van der Waals surface area contributed by atoms with Gasteiger partial charge in [-0.1, -0.05) is 48.5 Å². The summed E-state index contributed by atoms with van der Waals surface area (Å²) in [6.07, 6.45) is 5.90. The fourth-order valence-corrected chi connectivity index (χ4v) is 5.33. The lowest BCUT2D eigenvalue weighted by Crippen LogP contribution is -2.23. The van der Waals surface area contributed by atoms with Crippen molar-refractivity contribution < 1.29 is 14.3 Å². The van der Waals surface area contributed by atoms with Crippen LogP contribution < -0.4 is 0 Å². The summed E-state index contributed by atoms with van der Waals surface area (Å²) < 4.78 is 5.22. The lowest BCUT2D eigenvalue weighted by atomic mass is 9.77. The molecule has 1 aliphatic rings. The molecule has 4 rings (SSSR count).